The summed E-state index contributed by atoms with van der Waals surface area (Å²) in [5, 5.41) is 10.2. The average molecular weight is 261 g/mol. The SMILES string of the molecule is Cc1c(CC(CN)C(=O)O)c2ccc(N)cc2n1C. The Morgan fingerprint density at radius 2 is 2.16 bits per heavy atom. The number of nitrogens with zero attached hydrogens (tertiary/aromatic N) is 1. The maximum atomic E-state index is 11.1. The zero-order valence-electron chi connectivity index (χ0n) is 11.2. The summed E-state index contributed by atoms with van der Waals surface area (Å²) in [7, 11) is 1.96. The van der Waals surface area contributed by atoms with Crippen molar-refractivity contribution in [3.05, 3.63) is 29.5 Å². The third kappa shape index (κ3) is 2.29. The summed E-state index contributed by atoms with van der Waals surface area (Å²) in [6.45, 7) is 2.13. The van der Waals surface area contributed by atoms with Crippen LogP contribution in [0.15, 0.2) is 18.2 Å². The van der Waals surface area contributed by atoms with Gasteiger partial charge in [-0.05, 0) is 31.0 Å². The molecule has 5 N–H and O–H groups in total. The van der Waals surface area contributed by atoms with E-state index >= 15 is 0 Å². The van der Waals surface area contributed by atoms with Gasteiger partial charge in [-0.25, -0.2) is 0 Å². The first kappa shape index (κ1) is 13.4. The fourth-order valence-corrected chi connectivity index (χ4v) is 2.43. The number of nitrogen functional groups attached to an aromatic ring is 1. The number of carboxylic acids is 1. The number of fused-ring (bicyclic) bond motifs is 1. The van der Waals surface area contributed by atoms with Gasteiger partial charge in [0.15, 0.2) is 0 Å². The molecule has 0 amide bonds. The first-order chi connectivity index (χ1) is 8.95. The van der Waals surface area contributed by atoms with E-state index in [1.807, 2.05) is 36.7 Å². The first-order valence-corrected chi connectivity index (χ1v) is 6.22. The molecule has 19 heavy (non-hydrogen) atoms. The van der Waals surface area contributed by atoms with Gasteiger partial charge in [-0.3, -0.25) is 4.79 Å². The number of carboxylic acid groups (broad SMARTS) is 1. The van der Waals surface area contributed by atoms with Gasteiger partial charge in [-0.2, -0.15) is 0 Å². The molecule has 0 aliphatic carbocycles. The number of anilines is 1. The summed E-state index contributed by atoms with van der Waals surface area (Å²) in [5.41, 5.74) is 15.2. The molecule has 0 bridgehead atoms. The van der Waals surface area contributed by atoms with Crippen LogP contribution in [0.25, 0.3) is 10.9 Å². The van der Waals surface area contributed by atoms with E-state index in [0.29, 0.717) is 12.1 Å². The molecule has 0 aliphatic heterocycles. The summed E-state index contributed by atoms with van der Waals surface area (Å²) < 4.78 is 2.04. The summed E-state index contributed by atoms with van der Waals surface area (Å²) in [6, 6.07) is 5.69. The van der Waals surface area contributed by atoms with Crippen molar-refractivity contribution in [3.8, 4) is 0 Å². The van der Waals surface area contributed by atoms with Crippen LogP contribution >= 0.6 is 0 Å². The second-order valence-corrected chi connectivity index (χ2v) is 4.87. The van der Waals surface area contributed by atoms with Crippen LogP contribution in [0.5, 0.6) is 0 Å². The second-order valence-electron chi connectivity index (χ2n) is 4.87. The van der Waals surface area contributed by atoms with E-state index in [0.717, 1.165) is 22.2 Å². The number of aryl methyl sites for hydroxylation is 1. The number of aromatic nitrogens is 1. The van der Waals surface area contributed by atoms with E-state index in [4.69, 9.17) is 16.6 Å². The predicted molar refractivity (Wildman–Crippen MR) is 76.0 cm³/mol. The van der Waals surface area contributed by atoms with Gasteiger partial charge >= 0.3 is 5.97 Å². The number of benzene rings is 1. The zero-order valence-corrected chi connectivity index (χ0v) is 11.2. The van der Waals surface area contributed by atoms with Crippen LogP contribution in [-0.4, -0.2) is 22.2 Å². The Balaban J connectivity index is 2.54. The van der Waals surface area contributed by atoms with Gasteiger partial charge in [0.25, 0.3) is 0 Å². The molecule has 1 heterocycles. The van der Waals surface area contributed by atoms with Gasteiger partial charge in [0.1, 0.15) is 0 Å². The molecule has 102 valence electrons. The van der Waals surface area contributed by atoms with Crippen LogP contribution in [0.1, 0.15) is 11.3 Å². The minimum atomic E-state index is -0.852. The molecule has 5 heteroatoms. The Labute approximate surface area is 111 Å². The highest BCUT2D eigenvalue weighted by Gasteiger charge is 2.20. The Kier molecular flexibility index (Phi) is 3.48. The molecular formula is C14H19N3O2. The largest absolute Gasteiger partial charge is 0.481 e. The lowest BCUT2D eigenvalue weighted by atomic mass is 9.97. The standard InChI is InChI=1S/C14H19N3O2/c1-8-12(5-9(7-15)14(18)19)11-4-3-10(16)6-13(11)17(8)2/h3-4,6,9H,5,7,15-16H2,1-2H3,(H,18,19). The zero-order chi connectivity index (χ0) is 14.2. The normalized spacial score (nSPS) is 12.8. The summed E-state index contributed by atoms with van der Waals surface area (Å²) in [5.74, 6) is -1.41. The lowest BCUT2D eigenvalue weighted by molar-refractivity contribution is -0.141. The molecule has 1 aromatic carbocycles. The number of hydrogen-bond donors (Lipinski definition) is 3. The number of aliphatic carboxylic acids is 1. The third-order valence-electron chi connectivity index (χ3n) is 3.73. The molecule has 0 spiro atoms. The Morgan fingerprint density at radius 3 is 2.74 bits per heavy atom. The van der Waals surface area contributed by atoms with Crippen molar-refractivity contribution in [2.24, 2.45) is 18.7 Å². The summed E-state index contributed by atoms with van der Waals surface area (Å²) >= 11 is 0. The number of hydrogen-bond acceptors (Lipinski definition) is 3. The Bertz CT molecular complexity index is 631. The maximum Gasteiger partial charge on any atom is 0.308 e. The first-order valence-electron chi connectivity index (χ1n) is 6.22. The minimum absolute atomic E-state index is 0.139. The molecule has 0 radical (unpaired) electrons. The average Bonchev–Trinajstić information content (AvgIpc) is 2.59. The Hall–Kier alpha value is -2.01. The molecule has 0 saturated heterocycles. The van der Waals surface area contributed by atoms with Gasteiger partial charge < -0.3 is 21.1 Å². The third-order valence-corrected chi connectivity index (χ3v) is 3.73. The van der Waals surface area contributed by atoms with Gasteiger partial charge in [0, 0.05) is 30.4 Å². The summed E-state index contributed by atoms with van der Waals surface area (Å²) in [6.07, 6.45) is 0.443. The molecule has 1 aromatic heterocycles. The fourth-order valence-electron chi connectivity index (χ4n) is 2.43. The van der Waals surface area contributed by atoms with Gasteiger partial charge in [0.05, 0.1) is 11.4 Å². The molecule has 1 unspecified atom stereocenters. The molecule has 1 atom stereocenters. The van der Waals surface area contributed by atoms with Crippen LogP contribution in [0, 0.1) is 12.8 Å². The van der Waals surface area contributed by atoms with Crippen molar-refractivity contribution < 1.29 is 9.90 Å². The monoisotopic (exact) mass is 261 g/mol. The van der Waals surface area contributed by atoms with Gasteiger partial charge in [-0.1, -0.05) is 6.07 Å². The second kappa shape index (κ2) is 4.93. The highest BCUT2D eigenvalue weighted by molar-refractivity contribution is 5.88. The van der Waals surface area contributed by atoms with E-state index in [2.05, 4.69) is 0 Å². The lowest BCUT2D eigenvalue weighted by Crippen LogP contribution is -2.25. The van der Waals surface area contributed by atoms with Gasteiger partial charge in [-0.15, -0.1) is 0 Å². The molecule has 2 aromatic rings. The van der Waals surface area contributed by atoms with Crippen molar-refractivity contribution in [1.29, 1.82) is 0 Å². The van der Waals surface area contributed by atoms with Crippen molar-refractivity contribution in [2.45, 2.75) is 13.3 Å². The van der Waals surface area contributed by atoms with E-state index in [1.165, 1.54) is 0 Å². The molecule has 0 aliphatic rings. The van der Waals surface area contributed by atoms with Crippen LogP contribution in [-0.2, 0) is 18.3 Å². The summed E-state index contributed by atoms with van der Waals surface area (Å²) in [4.78, 5) is 11.1. The van der Waals surface area contributed by atoms with E-state index in [-0.39, 0.29) is 6.54 Å². The van der Waals surface area contributed by atoms with E-state index < -0.39 is 11.9 Å². The molecule has 0 saturated carbocycles. The maximum absolute atomic E-state index is 11.1. The van der Waals surface area contributed by atoms with E-state index in [1.54, 1.807) is 0 Å². The Morgan fingerprint density at radius 1 is 1.47 bits per heavy atom. The minimum Gasteiger partial charge on any atom is -0.481 e. The number of rotatable bonds is 4. The topological polar surface area (TPSA) is 94.3 Å². The fraction of sp³-hybridized carbons (Fsp3) is 0.357. The van der Waals surface area contributed by atoms with Crippen LogP contribution < -0.4 is 11.5 Å². The molecule has 2 rings (SSSR count). The highest BCUT2D eigenvalue weighted by atomic mass is 16.4. The quantitative estimate of drug-likeness (QED) is 0.722. The van der Waals surface area contributed by atoms with Crippen molar-refractivity contribution in [1.82, 2.24) is 4.57 Å². The smallest absolute Gasteiger partial charge is 0.308 e. The lowest BCUT2D eigenvalue weighted by Gasteiger charge is -2.10. The van der Waals surface area contributed by atoms with Crippen LogP contribution in [0.4, 0.5) is 5.69 Å². The van der Waals surface area contributed by atoms with Crippen molar-refractivity contribution in [3.63, 3.8) is 0 Å². The van der Waals surface area contributed by atoms with Crippen molar-refractivity contribution >= 4 is 22.6 Å². The molecule has 5 nitrogen and oxygen atoms in total. The highest BCUT2D eigenvalue weighted by Crippen LogP contribution is 2.28. The number of nitrogens with two attached hydrogens (primary N) is 2. The van der Waals surface area contributed by atoms with Crippen molar-refractivity contribution in [2.75, 3.05) is 12.3 Å². The van der Waals surface area contributed by atoms with Gasteiger partial charge in [0.2, 0.25) is 0 Å². The molecular weight excluding hydrogens is 242 g/mol. The number of carbonyl (C=O) groups is 1. The molecule has 0 fully saturated rings. The predicted octanol–water partition coefficient (Wildman–Crippen LogP) is 1.27. The van der Waals surface area contributed by atoms with Crippen LogP contribution in [0.3, 0.4) is 0 Å². The van der Waals surface area contributed by atoms with Crippen LogP contribution in [0.2, 0.25) is 0 Å². The van der Waals surface area contributed by atoms with E-state index in [9.17, 15) is 4.79 Å².